The lowest BCUT2D eigenvalue weighted by Crippen LogP contribution is -2.49. The molecule has 0 saturated carbocycles. The van der Waals surface area contributed by atoms with Crippen molar-refractivity contribution in [1.82, 2.24) is 10.6 Å². The van der Waals surface area contributed by atoms with Crippen LogP contribution in [0.1, 0.15) is 19.8 Å². The summed E-state index contributed by atoms with van der Waals surface area (Å²) in [5.41, 5.74) is 0. The Bertz CT molecular complexity index is 270. The zero-order valence-electron chi connectivity index (χ0n) is 9.27. The number of carboxylic acids is 1. The summed E-state index contributed by atoms with van der Waals surface area (Å²) < 4.78 is 0. The summed E-state index contributed by atoms with van der Waals surface area (Å²) in [7, 11) is 0. The molecule has 1 rings (SSSR count). The molecule has 6 nitrogen and oxygen atoms in total. The SMILES string of the molecule is CC1CC(C(=O)N[C@@H](CO)C(=O)O)CCN1. The standard InChI is InChI=1S/C10H18N2O4/c1-6-4-7(2-3-11-6)9(14)12-8(5-13)10(15)16/h6-8,11,13H,2-5H2,1H3,(H,12,14)(H,15,16)/t6?,7?,8-/m0/s1. The number of carbonyl (C=O) groups is 2. The first-order valence-corrected chi connectivity index (χ1v) is 5.42. The van der Waals surface area contributed by atoms with E-state index in [1.165, 1.54) is 0 Å². The average molecular weight is 230 g/mol. The number of hydrogen-bond donors (Lipinski definition) is 4. The van der Waals surface area contributed by atoms with Gasteiger partial charge >= 0.3 is 5.97 Å². The van der Waals surface area contributed by atoms with Gasteiger partial charge in [0, 0.05) is 12.0 Å². The van der Waals surface area contributed by atoms with E-state index in [2.05, 4.69) is 10.6 Å². The van der Waals surface area contributed by atoms with Crippen LogP contribution in [0.2, 0.25) is 0 Å². The average Bonchev–Trinajstić information content (AvgIpc) is 2.25. The van der Waals surface area contributed by atoms with Crippen molar-refractivity contribution < 1.29 is 19.8 Å². The van der Waals surface area contributed by atoms with Gasteiger partial charge in [-0.3, -0.25) is 4.79 Å². The first-order chi connectivity index (χ1) is 7.54. The van der Waals surface area contributed by atoms with Crippen LogP contribution in [0.25, 0.3) is 0 Å². The lowest BCUT2D eigenvalue weighted by Gasteiger charge is -2.27. The highest BCUT2D eigenvalue weighted by molar-refractivity contribution is 5.85. The van der Waals surface area contributed by atoms with Crippen LogP contribution in [-0.2, 0) is 9.59 Å². The predicted molar refractivity (Wildman–Crippen MR) is 56.8 cm³/mol. The molecule has 1 aliphatic rings. The van der Waals surface area contributed by atoms with Crippen molar-refractivity contribution in [2.45, 2.75) is 31.8 Å². The largest absolute Gasteiger partial charge is 0.480 e. The first-order valence-electron chi connectivity index (χ1n) is 5.42. The molecule has 3 atom stereocenters. The maximum absolute atomic E-state index is 11.7. The fourth-order valence-electron chi connectivity index (χ4n) is 1.85. The number of hydrogen-bond acceptors (Lipinski definition) is 4. The molecule has 0 aromatic heterocycles. The second-order valence-corrected chi connectivity index (χ2v) is 4.16. The molecule has 1 heterocycles. The molecule has 0 spiro atoms. The summed E-state index contributed by atoms with van der Waals surface area (Å²) in [6.07, 6.45) is 1.40. The van der Waals surface area contributed by atoms with Crippen LogP contribution in [0.4, 0.5) is 0 Å². The summed E-state index contributed by atoms with van der Waals surface area (Å²) in [6, 6.07) is -0.931. The lowest BCUT2D eigenvalue weighted by atomic mass is 9.92. The monoisotopic (exact) mass is 230 g/mol. The van der Waals surface area contributed by atoms with Gasteiger partial charge in [-0.1, -0.05) is 0 Å². The Labute approximate surface area is 94.0 Å². The van der Waals surface area contributed by atoms with Gasteiger partial charge < -0.3 is 20.8 Å². The maximum atomic E-state index is 11.7. The van der Waals surface area contributed by atoms with Crippen molar-refractivity contribution in [3.63, 3.8) is 0 Å². The number of piperidine rings is 1. The van der Waals surface area contributed by atoms with Crippen LogP contribution in [0, 0.1) is 5.92 Å². The molecule has 6 heteroatoms. The van der Waals surface area contributed by atoms with E-state index in [0.717, 1.165) is 6.54 Å². The third kappa shape index (κ3) is 3.46. The van der Waals surface area contributed by atoms with Gasteiger partial charge in [-0.2, -0.15) is 0 Å². The van der Waals surface area contributed by atoms with Crippen LogP contribution in [-0.4, -0.2) is 47.3 Å². The van der Waals surface area contributed by atoms with E-state index in [9.17, 15) is 9.59 Å². The topological polar surface area (TPSA) is 98.7 Å². The third-order valence-electron chi connectivity index (χ3n) is 2.79. The minimum absolute atomic E-state index is 0.162. The third-order valence-corrected chi connectivity index (χ3v) is 2.79. The predicted octanol–water partition coefficient (Wildman–Crippen LogP) is -1.06. The molecule has 2 unspecified atom stereocenters. The summed E-state index contributed by atoms with van der Waals surface area (Å²) in [5, 5.41) is 23.0. The Morgan fingerprint density at radius 1 is 1.56 bits per heavy atom. The zero-order valence-corrected chi connectivity index (χ0v) is 9.27. The van der Waals surface area contributed by atoms with E-state index in [1.807, 2.05) is 6.92 Å². The second kappa shape index (κ2) is 5.81. The molecule has 1 fully saturated rings. The number of aliphatic carboxylic acids is 1. The maximum Gasteiger partial charge on any atom is 0.328 e. The van der Waals surface area contributed by atoms with Gasteiger partial charge in [0.05, 0.1) is 6.61 Å². The fraction of sp³-hybridized carbons (Fsp3) is 0.800. The molecule has 1 aliphatic heterocycles. The Morgan fingerprint density at radius 3 is 2.75 bits per heavy atom. The number of nitrogens with one attached hydrogen (secondary N) is 2. The van der Waals surface area contributed by atoms with Gasteiger partial charge in [-0.25, -0.2) is 4.79 Å². The highest BCUT2D eigenvalue weighted by atomic mass is 16.4. The fourth-order valence-corrected chi connectivity index (χ4v) is 1.85. The molecule has 0 aromatic carbocycles. The van der Waals surface area contributed by atoms with Crippen LogP contribution in [0.15, 0.2) is 0 Å². The Hall–Kier alpha value is -1.14. The molecule has 4 N–H and O–H groups in total. The number of aliphatic hydroxyl groups is 1. The van der Waals surface area contributed by atoms with Crippen LogP contribution in [0.5, 0.6) is 0 Å². The molecule has 92 valence electrons. The Kier molecular flexibility index (Phi) is 4.70. The van der Waals surface area contributed by atoms with Gasteiger partial charge in [-0.15, -0.1) is 0 Å². The zero-order chi connectivity index (χ0) is 12.1. The quantitative estimate of drug-likeness (QED) is 0.493. The second-order valence-electron chi connectivity index (χ2n) is 4.16. The minimum Gasteiger partial charge on any atom is -0.480 e. The van der Waals surface area contributed by atoms with E-state index in [0.29, 0.717) is 12.8 Å². The smallest absolute Gasteiger partial charge is 0.328 e. The van der Waals surface area contributed by atoms with Gasteiger partial charge in [0.25, 0.3) is 0 Å². The number of rotatable bonds is 4. The molecular formula is C10H18N2O4. The van der Waals surface area contributed by atoms with Crippen molar-refractivity contribution in [2.75, 3.05) is 13.2 Å². The molecule has 0 aliphatic carbocycles. The van der Waals surface area contributed by atoms with E-state index < -0.39 is 18.6 Å². The molecule has 16 heavy (non-hydrogen) atoms. The highest BCUT2D eigenvalue weighted by Crippen LogP contribution is 2.16. The lowest BCUT2D eigenvalue weighted by molar-refractivity contribution is -0.143. The van der Waals surface area contributed by atoms with Crippen molar-refractivity contribution in [2.24, 2.45) is 5.92 Å². The first kappa shape index (κ1) is 12.9. The van der Waals surface area contributed by atoms with Crippen molar-refractivity contribution in [3.05, 3.63) is 0 Å². The molecular weight excluding hydrogens is 212 g/mol. The molecule has 1 saturated heterocycles. The Balaban J connectivity index is 2.47. The van der Waals surface area contributed by atoms with Gasteiger partial charge in [0.15, 0.2) is 0 Å². The van der Waals surface area contributed by atoms with Gasteiger partial charge in [0.2, 0.25) is 5.91 Å². The minimum atomic E-state index is -1.21. The van der Waals surface area contributed by atoms with Crippen molar-refractivity contribution >= 4 is 11.9 Å². The summed E-state index contributed by atoms with van der Waals surface area (Å²) >= 11 is 0. The van der Waals surface area contributed by atoms with E-state index in [1.54, 1.807) is 0 Å². The Morgan fingerprint density at radius 2 is 2.25 bits per heavy atom. The molecule has 0 radical (unpaired) electrons. The number of amides is 1. The molecule has 0 bridgehead atoms. The van der Waals surface area contributed by atoms with Crippen LogP contribution >= 0.6 is 0 Å². The number of carbonyl (C=O) groups excluding carboxylic acids is 1. The van der Waals surface area contributed by atoms with Crippen LogP contribution in [0.3, 0.4) is 0 Å². The van der Waals surface area contributed by atoms with Gasteiger partial charge in [-0.05, 0) is 26.3 Å². The molecule has 1 amide bonds. The van der Waals surface area contributed by atoms with Gasteiger partial charge in [0.1, 0.15) is 6.04 Å². The van der Waals surface area contributed by atoms with Crippen molar-refractivity contribution in [1.29, 1.82) is 0 Å². The van der Waals surface area contributed by atoms with E-state index in [4.69, 9.17) is 10.2 Å². The summed E-state index contributed by atoms with van der Waals surface area (Å²) in [4.78, 5) is 22.3. The number of carboxylic acid groups (broad SMARTS) is 1. The van der Waals surface area contributed by atoms with Crippen LogP contribution < -0.4 is 10.6 Å². The normalized spacial score (nSPS) is 27.1. The van der Waals surface area contributed by atoms with E-state index >= 15 is 0 Å². The summed E-state index contributed by atoms with van der Waals surface area (Å²) in [6.45, 7) is 2.16. The highest BCUT2D eigenvalue weighted by Gasteiger charge is 2.27. The van der Waals surface area contributed by atoms with Crippen molar-refractivity contribution in [3.8, 4) is 0 Å². The molecule has 0 aromatic rings. The summed E-state index contributed by atoms with van der Waals surface area (Å²) in [5.74, 6) is -1.66. The van der Waals surface area contributed by atoms with E-state index in [-0.39, 0.29) is 17.9 Å². The number of aliphatic hydroxyl groups excluding tert-OH is 1.